The number of benzene rings is 1. The summed E-state index contributed by atoms with van der Waals surface area (Å²) in [6, 6.07) is 3.64. The van der Waals surface area contributed by atoms with Gasteiger partial charge in [0.25, 0.3) is 5.91 Å². The predicted octanol–water partition coefficient (Wildman–Crippen LogP) is 1.83. The van der Waals surface area contributed by atoms with Gasteiger partial charge >= 0.3 is 0 Å². The van der Waals surface area contributed by atoms with E-state index in [1.54, 1.807) is 13.8 Å². The highest BCUT2D eigenvalue weighted by atomic mass is 19.1. The summed E-state index contributed by atoms with van der Waals surface area (Å²) < 4.78 is 13.1. The second-order valence-electron chi connectivity index (χ2n) is 3.77. The highest BCUT2D eigenvalue weighted by molar-refractivity contribution is 6.01. The van der Waals surface area contributed by atoms with Crippen molar-refractivity contribution < 1.29 is 14.0 Å². The Kier molecular flexibility index (Phi) is 3.98. The van der Waals surface area contributed by atoms with Crippen molar-refractivity contribution in [3.05, 3.63) is 41.2 Å². The monoisotopic (exact) mass is 236 g/mol. The predicted molar refractivity (Wildman–Crippen MR) is 63.0 cm³/mol. The van der Waals surface area contributed by atoms with Crippen LogP contribution in [0.3, 0.4) is 0 Å². The Morgan fingerprint density at radius 1 is 1.35 bits per heavy atom. The largest absolute Gasteiger partial charge is 0.366 e. The Morgan fingerprint density at radius 3 is 2.53 bits per heavy atom. The van der Waals surface area contributed by atoms with E-state index in [4.69, 9.17) is 5.73 Å². The van der Waals surface area contributed by atoms with Crippen molar-refractivity contribution in [2.24, 2.45) is 5.73 Å². The molecule has 0 radical (unpaired) electrons. The summed E-state index contributed by atoms with van der Waals surface area (Å²) in [7, 11) is 0. The molecule has 0 spiro atoms. The van der Waals surface area contributed by atoms with Crippen LogP contribution in [0.4, 0.5) is 10.1 Å². The summed E-state index contributed by atoms with van der Waals surface area (Å²) in [5.74, 6) is -1.93. The molecule has 1 aromatic carbocycles. The summed E-state index contributed by atoms with van der Waals surface area (Å²) in [5.41, 5.74) is 5.90. The van der Waals surface area contributed by atoms with E-state index in [9.17, 15) is 14.0 Å². The third-order valence-corrected chi connectivity index (χ3v) is 1.92. The molecule has 0 aliphatic carbocycles. The van der Waals surface area contributed by atoms with Gasteiger partial charge in [-0.1, -0.05) is 5.57 Å². The van der Waals surface area contributed by atoms with Gasteiger partial charge in [-0.05, 0) is 32.0 Å². The molecule has 5 heteroatoms. The molecule has 90 valence electrons. The van der Waals surface area contributed by atoms with Crippen molar-refractivity contribution in [1.29, 1.82) is 0 Å². The maximum absolute atomic E-state index is 13.1. The van der Waals surface area contributed by atoms with E-state index >= 15 is 0 Å². The number of allylic oxidation sites excluding steroid dienone is 1. The highest BCUT2D eigenvalue weighted by Gasteiger charge is 2.09. The average Bonchev–Trinajstić information content (AvgIpc) is 2.19. The standard InChI is InChI=1S/C12H13FN2O2/c1-7(2)5-11(16)15-8-3-4-10(13)9(6-8)12(14)17/h3-6H,1-2H3,(H2,14,17)(H,15,16). The Bertz CT molecular complexity index is 491. The SMILES string of the molecule is CC(C)=CC(=O)Nc1ccc(F)c(C(N)=O)c1. The second kappa shape index (κ2) is 5.25. The molecule has 0 fully saturated rings. The van der Waals surface area contributed by atoms with Gasteiger partial charge in [-0.15, -0.1) is 0 Å². The quantitative estimate of drug-likeness (QED) is 0.786. The fourth-order valence-corrected chi connectivity index (χ4v) is 1.23. The zero-order chi connectivity index (χ0) is 13.0. The minimum Gasteiger partial charge on any atom is -0.366 e. The molecule has 0 aromatic heterocycles. The van der Waals surface area contributed by atoms with Crippen molar-refractivity contribution >= 4 is 17.5 Å². The molecule has 2 amide bonds. The van der Waals surface area contributed by atoms with Gasteiger partial charge in [0.2, 0.25) is 5.91 Å². The lowest BCUT2D eigenvalue weighted by atomic mass is 10.1. The van der Waals surface area contributed by atoms with E-state index in [2.05, 4.69) is 5.32 Å². The van der Waals surface area contributed by atoms with Gasteiger partial charge in [0.15, 0.2) is 0 Å². The first-order valence-corrected chi connectivity index (χ1v) is 4.95. The first kappa shape index (κ1) is 12.9. The number of nitrogens with two attached hydrogens (primary N) is 1. The van der Waals surface area contributed by atoms with Gasteiger partial charge in [-0.25, -0.2) is 4.39 Å². The number of rotatable bonds is 3. The van der Waals surface area contributed by atoms with Crippen molar-refractivity contribution in [2.45, 2.75) is 13.8 Å². The molecule has 17 heavy (non-hydrogen) atoms. The van der Waals surface area contributed by atoms with Crippen molar-refractivity contribution in [3.63, 3.8) is 0 Å². The minimum atomic E-state index is -0.874. The molecule has 0 saturated carbocycles. The van der Waals surface area contributed by atoms with E-state index in [1.165, 1.54) is 18.2 Å². The topological polar surface area (TPSA) is 72.2 Å². The van der Waals surface area contributed by atoms with Crippen LogP contribution in [-0.2, 0) is 4.79 Å². The molecule has 0 heterocycles. The average molecular weight is 236 g/mol. The summed E-state index contributed by atoms with van der Waals surface area (Å²) in [4.78, 5) is 22.3. The van der Waals surface area contributed by atoms with E-state index < -0.39 is 11.7 Å². The van der Waals surface area contributed by atoms with Gasteiger partial charge in [0, 0.05) is 11.8 Å². The molecular formula is C12H13FN2O2. The number of amides is 2. The number of anilines is 1. The van der Waals surface area contributed by atoms with Gasteiger partial charge < -0.3 is 11.1 Å². The Balaban J connectivity index is 2.94. The summed E-state index contributed by atoms with van der Waals surface area (Å²) in [6.45, 7) is 3.55. The van der Waals surface area contributed by atoms with Gasteiger partial charge in [-0.3, -0.25) is 9.59 Å². The fourth-order valence-electron chi connectivity index (χ4n) is 1.23. The third kappa shape index (κ3) is 3.71. The molecule has 4 nitrogen and oxygen atoms in total. The molecule has 0 aliphatic heterocycles. The van der Waals surface area contributed by atoms with E-state index in [1.807, 2.05) is 0 Å². The Morgan fingerprint density at radius 2 is 2.00 bits per heavy atom. The third-order valence-electron chi connectivity index (χ3n) is 1.92. The summed E-state index contributed by atoms with van der Waals surface area (Å²) in [5, 5.41) is 2.51. The molecule has 0 saturated heterocycles. The number of carbonyl (C=O) groups is 2. The summed E-state index contributed by atoms with van der Waals surface area (Å²) in [6.07, 6.45) is 1.40. The molecule has 0 bridgehead atoms. The van der Waals surface area contributed by atoms with Crippen LogP contribution >= 0.6 is 0 Å². The highest BCUT2D eigenvalue weighted by Crippen LogP contribution is 2.14. The number of hydrogen-bond donors (Lipinski definition) is 2. The fraction of sp³-hybridized carbons (Fsp3) is 0.167. The Labute approximate surface area is 98.3 Å². The van der Waals surface area contributed by atoms with Crippen LogP contribution in [-0.4, -0.2) is 11.8 Å². The maximum atomic E-state index is 13.1. The second-order valence-corrected chi connectivity index (χ2v) is 3.77. The molecular weight excluding hydrogens is 223 g/mol. The first-order chi connectivity index (χ1) is 7.90. The molecule has 0 aliphatic rings. The smallest absolute Gasteiger partial charge is 0.251 e. The van der Waals surface area contributed by atoms with Crippen LogP contribution in [0.1, 0.15) is 24.2 Å². The van der Waals surface area contributed by atoms with Crippen LogP contribution < -0.4 is 11.1 Å². The van der Waals surface area contributed by atoms with Gasteiger partial charge in [0.05, 0.1) is 5.56 Å². The van der Waals surface area contributed by atoms with Crippen LogP contribution in [0, 0.1) is 5.82 Å². The molecule has 0 unspecified atom stereocenters. The number of halogens is 1. The van der Waals surface area contributed by atoms with E-state index in [0.29, 0.717) is 5.69 Å². The zero-order valence-corrected chi connectivity index (χ0v) is 9.58. The van der Waals surface area contributed by atoms with Crippen molar-refractivity contribution in [3.8, 4) is 0 Å². The molecule has 3 N–H and O–H groups in total. The van der Waals surface area contributed by atoms with Crippen molar-refractivity contribution in [1.82, 2.24) is 0 Å². The van der Waals surface area contributed by atoms with E-state index in [-0.39, 0.29) is 11.5 Å². The van der Waals surface area contributed by atoms with Crippen LogP contribution in [0.2, 0.25) is 0 Å². The minimum absolute atomic E-state index is 0.250. The molecule has 0 atom stereocenters. The van der Waals surface area contributed by atoms with E-state index in [0.717, 1.165) is 11.6 Å². The molecule has 1 aromatic rings. The van der Waals surface area contributed by atoms with Crippen LogP contribution in [0.25, 0.3) is 0 Å². The number of nitrogens with one attached hydrogen (secondary N) is 1. The zero-order valence-electron chi connectivity index (χ0n) is 9.58. The maximum Gasteiger partial charge on any atom is 0.251 e. The van der Waals surface area contributed by atoms with Crippen LogP contribution in [0.5, 0.6) is 0 Å². The molecule has 1 rings (SSSR count). The number of carbonyl (C=O) groups excluding carboxylic acids is 2. The number of primary amides is 1. The van der Waals surface area contributed by atoms with Crippen molar-refractivity contribution in [2.75, 3.05) is 5.32 Å². The van der Waals surface area contributed by atoms with Crippen LogP contribution in [0.15, 0.2) is 29.8 Å². The lowest BCUT2D eigenvalue weighted by Gasteiger charge is -2.05. The Hall–Kier alpha value is -2.17. The summed E-state index contributed by atoms with van der Waals surface area (Å²) >= 11 is 0. The lowest BCUT2D eigenvalue weighted by Crippen LogP contribution is -2.15. The first-order valence-electron chi connectivity index (χ1n) is 4.95. The van der Waals surface area contributed by atoms with Gasteiger partial charge in [0.1, 0.15) is 5.82 Å². The van der Waals surface area contributed by atoms with Gasteiger partial charge in [-0.2, -0.15) is 0 Å². The normalized spacial score (nSPS) is 9.59. The lowest BCUT2D eigenvalue weighted by molar-refractivity contribution is -0.111. The number of hydrogen-bond acceptors (Lipinski definition) is 2.